The summed E-state index contributed by atoms with van der Waals surface area (Å²) in [6, 6.07) is -0.214. The Morgan fingerprint density at radius 1 is 1.47 bits per heavy atom. The third-order valence-electron chi connectivity index (χ3n) is 3.10. The Kier molecular flexibility index (Phi) is 4.51. The molecule has 0 radical (unpaired) electrons. The van der Waals surface area contributed by atoms with E-state index >= 15 is 0 Å². The zero-order valence-corrected chi connectivity index (χ0v) is 10.8. The van der Waals surface area contributed by atoms with E-state index in [2.05, 4.69) is 0 Å². The first-order chi connectivity index (χ1) is 7.84. The monoisotopic (exact) mass is 243 g/mol. The number of nitrogens with zero attached hydrogens (tertiary/aromatic N) is 1. The maximum Gasteiger partial charge on any atom is 0.416 e. The SMILES string of the molecule is CC(C)[C@H](O)CC(=O)N1C(=O)OC[C@@H]1C(C)C. The second-order valence-electron chi connectivity index (χ2n) is 5.17. The van der Waals surface area contributed by atoms with E-state index in [4.69, 9.17) is 4.74 Å². The van der Waals surface area contributed by atoms with Crippen molar-refractivity contribution < 1.29 is 19.4 Å². The molecule has 2 amide bonds. The van der Waals surface area contributed by atoms with Crippen molar-refractivity contribution in [2.75, 3.05) is 6.61 Å². The fourth-order valence-electron chi connectivity index (χ4n) is 1.73. The molecule has 0 unspecified atom stereocenters. The molecule has 1 rings (SSSR count). The minimum atomic E-state index is -0.719. The number of ether oxygens (including phenoxy) is 1. The highest BCUT2D eigenvalue weighted by molar-refractivity contribution is 5.93. The van der Waals surface area contributed by atoms with Crippen molar-refractivity contribution in [2.24, 2.45) is 11.8 Å². The number of carbonyl (C=O) groups excluding carboxylic acids is 2. The van der Waals surface area contributed by atoms with Gasteiger partial charge in [-0.2, -0.15) is 0 Å². The molecule has 0 bridgehead atoms. The number of hydrogen-bond acceptors (Lipinski definition) is 4. The summed E-state index contributed by atoms with van der Waals surface area (Å²) in [6.45, 7) is 7.79. The largest absolute Gasteiger partial charge is 0.447 e. The summed E-state index contributed by atoms with van der Waals surface area (Å²) in [4.78, 5) is 24.6. The molecule has 1 heterocycles. The Balaban J connectivity index is 2.69. The average Bonchev–Trinajstić information content (AvgIpc) is 2.59. The fourth-order valence-corrected chi connectivity index (χ4v) is 1.73. The van der Waals surface area contributed by atoms with Gasteiger partial charge in [-0.25, -0.2) is 9.69 Å². The lowest BCUT2D eigenvalue weighted by Crippen LogP contribution is -2.43. The lowest BCUT2D eigenvalue weighted by atomic mass is 10.0. The van der Waals surface area contributed by atoms with Gasteiger partial charge in [-0.15, -0.1) is 0 Å². The first-order valence-electron chi connectivity index (χ1n) is 6.01. The molecule has 1 aliphatic heterocycles. The van der Waals surface area contributed by atoms with Gasteiger partial charge in [0.25, 0.3) is 0 Å². The van der Waals surface area contributed by atoms with Crippen LogP contribution in [0.1, 0.15) is 34.1 Å². The molecule has 5 nitrogen and oxygen atoms in total. The van der Waals surface area contributed by atoms with E-state index in [1.807, 2.05) is 27.7 Å². The number of hydrogen-bond donors (Lipinski definition) is 1. The molecule has 1 aliphatic rings. The summed E-state index contributed by atoms with van der Waals surface area (Å²) in [6.07, 6.45) is -1.34. The summed E-state index contributed by atoms with van der Waals surface area (Å²) in [5.74, 6) is -0.205. The first kappa shape index (κ1) is 14.0. The summed E-state index contributed by atoms with van der Waals surface area (Å²) >= 11 is 0. The van der Waals surface area contributed by atoms with E-state index in [0.717, 1.165) is 4.90 Å². The van der Waals surface area contributed by atoms with Crippen LogP contribution >= 0.6 is 0 Å². The molecule has 17 heavy (non-hydrogen) atoms. The second-order valence-corrected chi connectivity index (χ2v) is 5.17. The molecule has 0 aliphatic carbocycles. The predicted molar refractivity (Wildman–Crippen MR) is 62.3 cm³/mol. The van der Waals surface area contributed by atoms with Crippen LogP contribution in [0.2, 0.25) is 0 Å². The van der Waals surface area contributed by atoms with Crippen molar-refractivity contribution >= 4 is 12.0 Å². The Morgan fingerprint density at radius 2 is 2.06 bits per heavy atom. The van der Waals surface area contributed by atoms with Gasteiger partial charge in [-0.3, -0.25) is 4.79 Å². The van der Waals surface area contributed by atoms with Crippen molar-refractivity contribution in [2.45, 2.75) is 46.3 Å². The van der Waals surface area contributed by atoms with E-state index in [9.17, 15) is 14.7 Å². The molecule has 0 aromatic rings. The van der Waals surface area contributed by atoms with Crippen LogP contribution in [-0.4, -0.2) is 40.8 Å². The summed E-state index contributed by atoms with van der Waals surface area (Å²) in [5, 5.41) is 9.67. The zero-order chi connectivity index (χ0) is 13.2. The van der Waals surface area contributed by atoms with Gasteiger partial charge < -0.3 is 9.84 Å². The van der Waals surface area contributed by atoms with E-state index in [0.29, 0.717) is 0 Å². The van der Waals surface area contributed by atoms with Gasteiger partial charge in [0.2, 0.25) is 5.91 Å². The highest BCUT2D eigenvalue weighted by Crippen LogP contribution is 2.21. The lowest BCUT2D eigenvalue weighted by molar-refractivity contribution is -0.132. The smallest absolute Gasteiger partial charge is 0.416 e. The molecule has 1 N–H and O–H groups in total. The van der Waals surface area contributed by atoms with Crippen LogP contribution in [0, 0.1) is 11.8 Å². The lowest BCUT2D eigenvalue weighted by Gasteiger charge is -2.24. The standard InChI is InChI=1S/C12H21NO4/c1-7(2)9-6-17-12(16)13(9)11(15)5-10(14)8(3)4/h7-10,14H,5-6H2,1-4H3/t9-,10-/m1/s1. The van der Waals surface area contributed by atoms with Gasteiger partial charge in [0.1, 0.15) is 6.61 Å². The first-order valence-corrected chi connectivity index (χ1v) is 6.01. The second kappa shape index (κ2) is 5.49. The third-order valence-corrected chi connectivity index (χ3v) is 3.10. The summed E-state index contributed by atoms with van der Waals surface area (Å²) in [7, 11) is 0. The van der Waals surface area contributed by atoms with Crippen LogP contribution < -0.4 is 0 Å². The number of cyclic esters (lactones) is 1. The van der Waals surface area contributed by atoms with Crippen LogP contribution in [0.25, 0.3) is 0 Å². The van der Waals surface area contributed by atoms with Crippen LogP contribution in [-0.2, 0) is 9.53 Å². The Bertz CT molecular complexity index is 301. The molecular formula is C12H21NO4. The van der Waals surface area contributed by atoms with Gasteiger partial charge in [0.15, 0.2) is 0 Å². The van der Waals surface area contributed by atoms with Crippen LogP contribution in [0.5, 0.6) is 0 Å². The Morgan fingerprint density at radius 3 is 2.53 bits per heavy atom. The van der Waals surface area contributed by atoms with E-state index < -0.39 is 12.2 Å². The van der Waals surface area contributed by atoms with Crippen molar-refractivity contribution in [3.05, 3.63) is 0 Å². The summed E-state index contributed by atoms with van der Waals surface area (Å²) < 4.78 is 4.89. The molecule has 0 aromatic heterocycles. The number of aliphatic hydroxyl groups excluding tert-OH is 1. The molecule has 1 saturated heterocycles. The maximum atomic E-state index is 12.0. The highest BCUT2D eigenvalue weighted by atomic mass is 16.6. The van der Waals surface area contributed by atoms with Crippen molar-refractivity contribution in [1.82, 2.24) is 4.90 Å². The molecule has 5 heteroatoms. The van der Waals surface area contributed by atoms with Crippen molar-refractivity contribution in [3.8, 4) is 0 Å². The van der Waals surface area contributed by atoms with Gasteiger partial charge in [-0.1, -0.05) is 27.7 Å². The molecule has 98 valence electrons. The number of amides is 2. The van der Waals surface area contributed by atoms with Gasteiger partial charge in [-0.05, 0) is 11.8 Å². The topological polar surface area (TPSA) is 66.8 Å². The average molecular weight is 243 g/mol. The number of imide groups is 1. The summed E-state index contributed by atoms with van der Waals surface area (Å²) in [5.41, 5.74) is 0. The molecule has 1 fully saturated rings. The van der Waals surface area contributed by atoms with E-state index in [1.165, 1.54) is 0 Å². The fraction of sp³-hybridized carbons (Fsp3) is 0.833. The normalized spacial score (nSPS) is 22.2. The minimum absolute atomic E-state index is 0.00456. The van der Waals surface area contributed by atoms with E-state index in [1.54, 1.807) is 0 Å². The number of rotatable bonds is 4. The minimum Gasteiger partial charge on any atom is -0.447 e. The molecule has 2 atom stereocenters. The van der Waals surface area contributed by atoms with Gasteiger partial charge in [0, 0.05) is 0 Å². The van der Waals surface area contributed by atoms with Crippen LogP contribution in [0.15, 0.2) is 0 Å². The zero-order valence-electron chi connectivity index (χ0n) is 10.8. The molecule has 0 saturated carbocycles. The van der Waals surface area contributed by atoms with Crippen LogP contribution in [0.4, 0.5) is 4.79 Å². The number of carbonyl (C=O) groups is 2. The highest BCUT2D eigenvalue weighted by Gasteiger charge is 2.39. The number of aliphatic hydroxyl groups is 1. The van der Waals surface area contributed by atoms with Gasteiger partial charge in [0.05, 0.1) is 18.6 Å². The van der Waals surface area contributed by atoms with Crippen molar-refractivity contribution in [1.29, 1.82) is 0 Å². The van der Waals surface area contributed by atoms with E-state index in [-0.39, 0.29) is 36.8 Å². The Hall–Kier alpha value is -1.10. The maximum absolute atomic E-state index is 12.0. The predicted octanol–water partition coefficient (Wildman–Crippen LogP) is 1.40. The van der Waals surface area contributed by atoms with Crippen LogP contribution in [0.3, 0.4) is 0 Å². The van der Waals surface area contributed by atoms with Crippen molar-refractivity contribution in [3.63, 3.8) is 0 Å². The quantitative estimate of drug-likeness (QED) is 0.810. The molecular weight excluding hydrogens is 222 g/mol. The molecule has 0 spiro atoms. The molecule has 0 aromatic carbocycles. The Labute approximate surface area is 102 Å². The van der Waals surface area contributed by atoms with Gasteiger partial charge >= 0.3 is 6.09 Å². The third kappa shape index (κ3) is 3.19.